The molecule has 16 heavy (non-hydrogen) atoms. The molecule has 2 rings (SSSR count). The molecule has 1 atom stereocenters. The third-order valence-electron chi connectivity index (χ3n) is 3.16. The average Bonchev–Trinajstić information content (AvgIpc) is 2.30. The Morgan fingerprint density at radius 3 is 2.75 bits per heavy atom. The number of nitrogens with one attached hydrogen (secondary N) is 1. The van der Waals surface area contributed by atoms with Crippen LogP contribution in [0.25, 0.3) is 0 Å². The lowest BCUT2D eigenvalue weighted by Crippen LogP contribution is -2.45. The third-order valence-corrected chi connectivity index (χ3v) is 3.16. The molecule has 0 saturated carbocycles. The molecule has 1 heterocycles. The lowest BCUT2D eigenvalue weighted by molar-refractivity contribution is -0.0359. The van der Waals surface area contributed by atoms with Crippen molar-refractivity contribution in [3.05, 3.63) is 35.4 Å². The Morgan fingerprint density at radius 1 is 1.38 bits per heavy atom. The van der Waals surface area contributed by atoms with Crippen LogP contribution in [0, 0.1) is 11.6 Å². The molecule has 0 spiro atoms. The van der Waals surface area contributed by atoms with E-state index in [9.17, 15) is 8.78 Å². The summed E-state index contributed by atoms with van der Waals surface area (Å²) in [7, 11) is 1.57. The third kappa shape index (κ3) is 1.95. The van der Waals surface area contributed by atoms with Gasteiger partial charge in [0.2, 0.25) is 0 Å². The Labute approximate surface area is 93.6 Å². The van der Waals surface area contributed by atoms with E-state index in [0.29, 0.717) is 12.1 Å². The van der Waals surface area contributed by atoms with E-state index in [-0.39, 0.29) is 0 Å². The highest BCUT2D eigenvalue weighted by molar-refractivity contribution is 5.26. The van der Waals surface area contributed by atoms with Crippen LogP contribution in [0.4, 0.5) is 8.78 Å². The normalized spacial score (nSPS) is 25.7. The highest BCUT2D eigenvalue weighted by Gasteiger charge is 2.36. The topological polar surface area (TPSA) is 21.3 Å². The Morgan fingerprint density at radius 2 is 2.19 bits per heavy atom. The van der Waals surface area contributed by atoms with Gasteiger partial charge in [-0.05, 0) is 25.5 Å². The van der Waals surface area contributed by atoms with Crippen molar-refractivity contribution in [3.8, 4) is 0 Å². The van der Waals surface area contributed by atoms with Gasteiger partial charge in [0.1, 0.15) is 17.2 Å². The summed E-state index contributed by atoms with van der Waals surface area (Å²) in [5.41, 5.74) is -0.223. The first-order chi connectivity index (χ1) is 7.68. The van der Waals surface area contributed by atoms with Gasteiger partial charge in [0, 0.05) is 25.3 Å². The molecule has 1 N–H and O–H groups in total. The van der Waals surface area contributed by atoms with Gasteiger partial charge in [-0.3, -0.25) is 0 Å². The second-order valence-corrected chi connectivity index (χ2v) is 4.10. The van der Waals surface area contributed by atoms with Crippen molar-refractivity contribution < 1.29 is 13.5 Å². The van der Waals surface area contributed by atoms with E-state index < -0.39 is 17.2 Å². The summed E-state index contributed by atoms with van der Waals surface area (Å²) < 4.78 is 32.0. The summed E-state index contributed by atoms with van der Waals surface area (Å²) in [4.78, 5) is 0. The Balaban J connectivity index is 2.39. The number of hydrogen-bond donors (Lipinski definition) is 1. The average molecular weight is 227 g/mol. The maximum atomic E-state index is 13.7. The van der Waals surface area contributed by atoms with E-state index in [1.807, 2.05) is 0 Å². The number of piperidine rings is 1. The van der Waals surface area contributed by atoms with E-state index in [1.165, 1.54) is 12.1 Å². The van der Waals surface area contributed by atoms with Crippen LogP contribution in [-0.2, 0) is 10.3 Å². The SMILES string of the molecule is COC1(c2ccc(F)cc2F)CCCNC1. The number of methoxy groups -OCH3 is 1. The minimum Gasteiger partial charge on any atom is -0.372 e. The fourth-order valence-corrected chi connectivity index (χ4v) is 2.25. The van der Waals surface area contributed by atoms with Crippen molar-refractivity contribution in [3.63, 3.8) is 0 Å². The summed E-state index contributed by atoms with van der Waals surface area (Å²) in [5.74, 6) is -1.10. The second kappa shape index (κ2) is 4.47. The molecule has 0 radical (unpaired) electrons. The molecule has 1 fully saturated rings. The van der Waals surface area contributed by atoms with Crippen molar-refractivity contribution in [2.45, 2.75) is 18.4 Å². The molecule has 0 aliphatic carbocycles. The van der Waals surface area contributed by atoms with Gasteiger partial charge < -0.3 is 10.1 Å². The molecule has 1 saturated heterocycles. The van der Waals surface area contributed by atoms with Gasteiger partial charge in [-0.15, -0.1) is 0 Å². The lowest BCUT2D eigenvalue weighted by atomic mass is 9.86. The fraction of sp³-hybridized carbons (Fsp3) is 0.500. The predicted molar refractivity (Wildman–Crippen MR) is 57.1 cm³/mol. The number of halogens is 2. The Kier molecular flexibility index (Phi) is 3.21. The molecule has 1 aliphatic rings. The summed E-state index contributed by atoms with van der Waals surface area (Å²) in [6.07, 6.45) is 1.67. The van der Waals surface area contributed by atoms with Gasteiger partial charge in [-0.2, -0.15) is 0 Å². The van der Waals surface area contributed by atoms with Crippen LogP contribution < -0.4 is 5.32 Å². The summed E-state index contributed by atoms with van der Waals surface area (Å²) in [6, 6.07) is 3.65. The van der Waals surface area contributed by atoms with E-state index in [4.69, 9.17) is 4.74 Å². The molecule has 0 amide bonds. The van der Waals surface area contributed by atoms with Crippen molar-refractivity contribution in [1.29, 1.82) is 0 Å². The van der Waals surface area contributed by atoms with Crippen LogP contribution in [0.2, 0.25) is 0 Å². The Bertz CT molecular complexity index is 375. The van der Waals surface area contributed by atoms with Gasteiger partial charge in [-0.25, -0.2) is 8.78 Å². The minimum absolute atomic E-state index is 0.434. The summed E-state index contributed by atoms with van der Waals surface area (Å²) in [6.45, 7) is 1.47. The van der Waals surface area contributed by atoms with E-state index in [1.54, 1.807) is 7.11 Å². The van der Waals surface area contributed by atoms with Gasteiger partial charge in [-0.1, -0.05) is 6.07 Å². The van der Waals surface area contributed by atoms with Gasteiger partial charge in [0.15, 0.2) is 0 Å². The maximum Gasteiger partial charge on any atom is 0.132 e. The monoisotopic (exact) mass is 227 g/mol. The highest BCUT2D eigenvalue weighted by Crippen LogP contribution is 2.33. The zero-order valence-corrected chi connectivity index (χ0v) is 9.22. The molecule has 1 aromatic rings. The largest absolute Gasteiger partial charge is 0.372 e. The second-order valence-electron chi connectivity index (χ2n) is 4.10. The van der Waals surface area contributed by atoms with Crippen LogP contribution in [0.5, 0.6) is 0 Å². The molecule has 4 heteroatoms. The van der Waals surface area contributed by atoms with E-state index >= 15 is 0 Å². The molecule has 88 valence electrons. The number of hydrogen-bond acceptors (Lipinski definition) is 2. The lowest BCUT2D eigenvalue weighted by Gasteiger charge is -2.37. The van der Waals surface area contributed by atoms with Crippen LogP contribution in [0.15, 0.2) is 18.2 Å². The molecule has 0 aromatic heterocycles. The van der Waals surface area contributed by atoms with E-state index in [0.717, 1.165) is 25.5 Å². The molecule has 1 aromatic carbocycles. The van der Waals surface area contributed by atoms with Gasteiger partial charge in [0.05, 0.1) is 0 Å². The first-order valence-electron chi connectivity index (χ1n) is 5.39. The fourth-order valence-electron chi connectivity index (χ4n) is 2.25. The zero-order chi connectivity index (χ0) is 11.6. The van der Waals surface area contributed by atoms with E-state index in [2.05, 4.69) is 5.32 Å². The smallest absolute Gasteiger partial charge is 0.132 e. The van der Waals surface area contributed by atoms with Crippen molar-refractivity contribution in [2.24, 2.45) is 0 Å². The standard InChI is InChI=1S/C12H15F2NO/c1-16-12(5-2-6-15-8-12)10-4-3-9(13)7-11(10)14/h3-4,7,15H,2,5-6,8H2,1H3. The number of benzene rings is 1. The van der Waals surface area contributed by atoms with Crippen LogP contribution in [-0.4, -0.2) is 20.2 Å². The van der Waals surface area contributed by atoms with Crippen LogP contribution in [0.3, 0.4) is 0 Å². The van der Waals surface area contributed by atoms with Crippen LogP contribution in [0.1, 0.15) is 18.4 Å². The quantitative estimate of drug-likeness (QED) is 0.836. The summed E-state index contributed by atoms with van der Waals surface area (Å²) >= 11 is 0. The van der Waals surface area contributed by atoms with Gasteiger partial charge in [0.25, 0.3) is 0 Å². The summed E-state index contributed by atoms with van der Waals surface area (Å²) in [5, 5.41) is 3.18. The molecule has 0 bridgehead atoms. The Hall–Kier alpha value is -1.00. The first-order valence-corrected chi connectivity index (χ1v) is 5.39. The molecular weight excluding hydrogens is 212 g/mol. The van der Waals surface area contributed by atoms with Crippen molar-refractivity contribution in [2.75, 3.05) is 20.2 Å². The maximum absolute atomic E-state index is 13.7. The molecule has 2 nitrogen and oxygen atoms in total. The first kappa shape index (κ1) is 11.5. The zero-order valence-electron chi connectivity index (χ0n) is 9.22. The predicted octanol–water partition coefficient (Wildman–Crippen LogP) is 2.19. The number of rotatable bonds is 2. The number of ether oxygens (including phenoxy) is 1. The van der Waals surface area contributed by atoms with Gasteiger partial charge >= 0.3 is 0 Å². The minimum atomic E-state index is -0.657. The van der Waals surface area contributed by atoms with Crippen LogP contribution >= 0.6 is 0 Å². The molecular formula is C12H15F2NO. The van der Waals surface area contributed by atoms with Crippen molar-refractivity contribution >= 4 is 0 Å². The molecule has 1 unspecified atom stereocenters. The highest BCUT2D eigenvalue weighted by atomic mass is 19.1. The van der Waals surface area contributed by atoms with Crippen molar-refractivity contribution in [1.82, 2.24) is 5.32 Å². The molecule has 1 aliphatic heterocycles.